The van der Waals surface area contributed by atoms with Crippen LogP contribution in [0.15, 0.2) is 108 Å². The van der Waals surface area contributed by atoms with Crippen LogP contribution >= 0.6 is 35.3 Å². The minimum absolute atomic E-state index is 0.00817. The Morgan fingerprint density at radius 3 is 1.67 bits per heavy atom. The van der Waals surface area contributed by atoms with Gasteiger partial charge in [-0.15, -0.1) is 0 Å². The van der Waals surface area contributed by atoms with Gasteiger partial charge in [-0.25, -0.2) is 0 Å². The van der Waals surface area contributed by atoms with Crippen LogP contribution in [-0.4, -0.2) is 29.1 Å². The molecule has 0 fully saturated rings. The predicted molar refractivity (Wildman–Crippen MR) is 213 cm³/mol. The lowest BCUT2D eigenvalue weighted by Gasteiger charge is -2.32. The SMILES string of the molecule is CC(C)(C)Sc1cc(C=C2C(=O)C(C=C3C=C(C(C)(C)C)SC(C(C)(C)C)=C3)=C2NCCc2ccccc2)cc(SC(C)(C)C)[o+]1.F[B-](F)(F)F. The van der Waals surface area contributed by atoms with Crippen LogP contribution in [0.3, 0.4) is 0 Å². The van der Waals surface area contributed by atoms with Crippen LogP contribution in [0.25, 0.3) is 6.08 Å². The number of hydrogen-bond donors (Lipinski definition) is 1. The lowest BCUT2D eigenvalue weighted by Crippen LogP contribution is -2.32. The molecule has 1 aromatic carbocycles. The Bertz CT molecular complexity index is 1660. The molecule has 0 bridgehead atoms. The van der Waals surface area contributed by atoms with E-state index in [1.807, 2.05) is 23.9 Å². The second-order valence-electron chi connectivity index (χ2n) is 16.6. The quantitative estimate of drug-likeness (QED) is 0.0950. The highest BCUT2D eigenvalue weighted by atomic mass is 32.2. The summed E-state index contributed by atoms with van der Waals surface area (Å²) in [7, 11) is -6.00. The fourth-order valence-electron chi connectivity index (χ4n) is 4.83. The summed E-state index contributed by atoms with van der Waals surface area (Å²) < 4.78 is 45.3. The molecule has 1 aliphatic heterocycles. The fourth-order valence-corrected chi connectivity index (χ4v) is 7.99. The molecule has 11 heteroatoms. The van der Waals surface area contributed by atoms with Crippen molar-refractivity contribution in [2.75, 3.05) is 6.54 Å². The monoisotopic (exact) mass is 761 g/mol. The molecule has 0 saturated carbocycles. The van der Waals surface area contributed by atoms with Gasteiger partial charge in [0.1, 0.15) is 0 Å². The maximum atomic E-state index is 14.0. The van der Waals surface area contributed by atoms with Gasteiger partial charge in [0, 0.05) is 27.2 Å². The number of thioether (sulfide) groups is 3. The van der Waals surface area contributed by atoms with E-state index in [2.05, 4.69) is 143 Å². The molecule has 4 rings (SSSR count). The zero-order valence-electron chi connectivity index (χ0n) is 31.9. The molecule has 0 unspecified atom stereocenters. The van der Waals surface area contributed by atoms with Gasteiger partial charge in [0.2, 0.25) is 0 Å². The van der Waals surface area contributed by atoms with Crippen LogP contribution < -0.4 is 5.32 Å². The summed E-state index contributed by atoms with van der Waals surface area (Å²) in [5.41, 5.74) is 5.71. The van der Waals surface area contributed by atoms with Crippen LogP contribution in [0.5, 0.6) is 0 Å². The lowest BCUT2D eigenvalue weighted by molar-refractivity contribution is -0.112. The number of rotatable bonds is 8. The van der Waals surface area contributed by atoms with E-state index in [0.717, 1.165) is 51.1 Å². The van der Waals surface area contributed by atoms with E-state index in [1.54, 1.807) is 23.5 Å². The first-order valence-electron chi connectivity index (χ1n) is 17.0. The van der Waals surface area contributed by atoms with Crippen molar-refractivity contribution < 1.29 is 26.5 Å². The van der Waals surface area contributed by atoms with Crippen LogP contribution in [0.1, 0.15) is 94.2 Å². The van der Waals surface area contributed by atoms with Gasteiger partial charge in [-0.3, -0.25) is 4.79 Å². The van der Waals surface area contributed by atoms with Gasteiger partial charge in [-0.1, -0.05) is 125 Å². The normalized spacial score (nSPS) is 16.7. The van der Waals surface area contributed by atoms with Gasteiger partial charge in [-0.05, 0) is 91.6 Å². The number of ketones is 1. The highest BCUT2D eigenvalue weighted by Crippen LogP contribution is 2.49. The lowest BCUT2D eigenvalue weighted by atomic mass is 9.83. The predicted octanol–water partition coefficient (Wildman–Crippen LogP) is 13.2. The van der Waals surface area contributed by atoms with E-state index >= 15 is 0 Å². The van der Waals surface area contributed by atoms with E-state index in [-0.39, 0.29) is 26.1 Å². The average Bonchev–Trinajstić information content (AvgIpc) is 2.94. The summed E-state index contributed by atoms with van der Waals surface area (Å²) in [6, 6.07) is 14.6. The van der Waals surface area contributed by atoms with Crippen LogP contribution in [0, 0.1) is 10.8 Å². The molecular weight excluding hydrogens is 709 g/mol. The van der Waals surface area contributed by atoms with E-state index in [0.29, 0.717) is 0 Å². The van der Waals surface area contributed by atoms with E-state index in [4.69, 9.17) is 4.42 Å². The van der Waals surface area contributed by atoms with Gasteiger partial charge >= 0.3 is 17.4 Å². The Kier molecular flexibility index (Phi) is 13.9. The fraction of sp³-hybridized carbons (Fsp3) is 0.450. The highest BCUT2D eigenvalue weighted by Gasteiger charge is 2.35. The molecule has 1 aromatic heterocycles. The first-order chi connectivity index (χ1) is 23.2. The third kappa shape index (κ3) is 14.7. The summed E-state index contributed by atoms with van der Waals surface area (Å²) in [6.07, 6.45) is 9.51. The Morgan fingerprint density at radius 2 is 1.24 bits per heavy atom. The van der Waals surface area contributed by atoms with Crippen LogP contribution in [-0.2, 0) is 11.2 Å². The van der Waals surface area contributed by atoms with Gasteiger partial charge in [0.05, 0.1) is 17.8 Å². The molecule has 2 heterocycles. The zero-order valence-corrected chi connectivity index (χ0v) is 34.3. The molecule has 278 valence electrons. The third-order valence-corrected chi connectivity index (χ3v) is 11.0. The van der Waals surface area contributed by atoms with Gasteiger partial charge in [0.25, 0.3) is 0 Å². The van der Waals surface area contributed by atoms with Gasteiger partial charge < -0.3 is 22.6 Å². The molecule has 3 nitrogen and oxygen atoms in total. The Balaban J connectivity index is 0.00000131. The molecule has 0 amide bonds. The van der Waals surface area contributed by atoms with E-state index in [9.17, 15) is 22.1 Å². The first kappa shape index (κ1) is 42.8. The average molecular weight is 762 g/mol. The number of allylic oxidation sites excluding steroid dienone is 8. The molecule has 0 atom stereocenters. The minimum atomic E-state index is -6.00. The van der Waals surface area contributed by atoms with Gasteiger partial charge in [0.15, 0.2) is 5.78 Å². The number of benzene rings is 1. The topological polar surface area (TPSA) is 40.4 Å². The summed E-state index contributed by atoms with van der Waals surface area (Å²) >= 11 is 5.27. The second kappa shape index (κ2) is 16.6. The Hall–Kier alpha value is -2.63. The Labute approximate surface area is 315 Å². The number of carbonyl (C=O) groups is 1. The molecular formula is C40H52BF4NO2S3. The summed E-state index contributed by atoms with van der Waals surface area (Å²) in [6.45, 7) is 27.4. The molecule has 2 aromatic rings. The molecule has 1 N–H and O–H groups in total. The van der Waals surface area contributed by atoms with Crippen molar-refractivity contribution >= 4 is 54.4 Å². The number of Topliss-reactive ketones (excluding diaryl/α,β-unsaturated/α-hetero) is 1. The number of carbonyl (C=O) groups excluding carboxylic acids is 1. The van der Waals surface area contributed by atoms with Crippen molar-refractivity contribution in [3.8, 4) is 0 Å². The molecule has 0 saturated heterocycles. The van der Waals surface area contributed by atoms with Crippen molar-refractivity contribution in [2.24, 2.45) is 10.8 Å². The van der Waals surface area contributed by atoms with Crippen molar-refractivity contribution in [1.29, 1.82) is 0 Å². The Morgan fingerprint density at radius 1 is 0.765 bits per heavy atom. The molecule has 2 aliphatic rings. The highest BCUT2D eigenvalue weighted by molar-refractivity contribution is 8.06. The number of halogens is 4. The van der Waals surface area contributed by atoms with Gasteiger partial charge in [-0.2, -0.15) is 4.42 Å². The molecule has 1 aliphatic carbocycles. The number of hydrogen-bond acceptors (Lipinski definition) is 5. The smallest absolute Gasteiger partial charge is 0.418 e. The van der Waals surface area contributed by atoms with Crippen molar-refractivity contribution in [1.82, 2.24) is 5.32 Å². The zero-order chi connectivity index (χ0) is 38.6. The second-order valence-corrected chi connectivity index (χ2v) is 21.3. The van der Waals surface area contributed by atoms with Crippen molar-refractivity contribution in [3.05, 3.63) is 104 Å². The minimum Gasteiger partial charge on any atom is -0.418 e. The van der Waals surface area contributed by atoms with Crippen molar-refractivity contribution in [2.45, 2.75) is 109 Å². The van der Waals surface area contributed by atoms with E-state index in [1.165, 1.54) is 15.4 Å². The largest absolute Gasteiger partial charge is 0.673 e. The maximum absolute atomic E-state index is 14.0. The van der Waals surface area contributed by atoms with E-state index < -0.39 is 7.25 Å². The standard InChI is InChI=1S/C40H51NO2S3.BF4/c1-37(2,3)31-22-27(23-32(44-31)38(4,5)6)20-29-35(41-19-18-26-16-14-13-15-17-26)30(36(29)42)21-28-24-33(45-39(7,8)9)43-34(25-28)46-40(10,11)12;2-1(3,4)5/h13-17,20-25H,18-19H2,1-12H3;/q;-1/p+1. The molecule has 0 radical (unpaired) electrons. The maximum Gasteiger partial charge on any atom is 0.673 e. The third-order valence-electron chi connectivity index (χ3n) is 7.09. The molecule has 51 heavy (non-hydrogen) atoms. The van der Waals surface area contributed by atoms with Crippen molar-refractivity contribution in [3.63, 3.8) is 0 Å². The number of nitrogens with one attached hydrogen (secondary N) is 1. The van der Waals surface area contributed by atoms with Crippen LogP contribution in [0.2, 0.25) is 0 Å². The summed E-state index contributed by atoms with van der Waals surface area (Å²) in [5.74, 6) is 0.0696. The van der Waals surface area contributed by atoms with Crippen LogP contribution in [0.4, 0.5) is 17.3 Å². The molecule has 0 spiro atoms. The first-order valence-corrected chi connectivity index (χ1v) is 19.5. The summed E-state index contributed by atoms with van der Waals surface area (Å²) in [5, 5.41) is 5.37. The summed E-state index contributed by atoms with van der Waals surface area (Å²) in [4.78, 5) is 16.6.